The number of nitrogens with one attached hydrogen (secondary N) is 1. The molecule has 1 atom stereocenters. The number of rotatable bonds is 2. The molecule has 0 bridgehead atoms. The number of hydrogen-bond acceptors (Lipinski definition) is 2. The number of halogens is 1. The summed E-state index contributed by atoms with van der Waals surface area (Å²) in [5.74, 6) is 0.0642. The molecular weight excluding hydrogens is 364 g/mol. The number of benzene rings is 2. The van der Waals surface area contributed by atoms with E-state index in [0.717, 1.165) is 15.7 Å². The zero-order chi connectivity index (χ0) is 16.9. The largest absolute Gasteiger partial charge is 0.335 e. The summed E-state index contributed by atoms with van der Waals surface area (Å²) in [6.07, 6.45) is 4.23. The zero-order valence-electron chi connectivity index (χ0n) is 13.7. The lowest BCUT2D eigenvalue weighted by molar-refractivity contribution is -0.118. The van der Waals surface area contributed by atoms with Crippen LogP contribution >= 0.6 is 15.9 Å². The Morgan fingerprint density at radius 2 is 1.83 bits per heavy atom. The van der Waals surface area contributed by atoms with Crippen LogP contribution in [0.15, 0.2) is 59.1 Å². The lowest BCUT2D eigenvalue weighted by atomic mass is 9.75. The number of hydrogen-bond donors (Lipinski definition) is 1. The molecule has 1 amide bonds. The molecule has 2 aliphatic heterocycles. The fourth-order valence-electron chi connectivity index (χ4n) is 3.96. The fraction of sp³-hybridized carbons (Fsp3) is 0.250. The SMILES string of the molecule is CC1(C)c2ccccc2N2CC(=O)N[C@]21/C=C/c1ccccc1Br. The number of anilines is 1. The van der Waals surface area contributed by atoms with Gasteiger partial charge in [0.1, 0.15) is 5.66 Å². The van der Waals surface area contributed by atoms with Gasteiger partial charge in [0.2, 0.25) is 5.91 Å². The first-order valence-electron chi connectivity index (χ1n) is 8.08. The maximum Gasteiger partial charge on any atom is 0.241 e. The Kier molecular flexibility index (Phi) is 3.36. The molecule has 1 saturated heterocycles. The van der Waals surface area contributed by atoms with Crippen LogP contribution in [0.5, 0.6) is 0 Å². The van der Waals surface area contributed by atoms with Crippen molar-refractivity contribution >= 4 is 33.6 Å². The van der Waals surface area contributed by atoms with Crippen molar-refractivity contribution < 1.29 is 4.79 Å². The van der Waals surface area contributed by atoms with E-state index >= 15 is 0 Å². The summed E-state index contributed by atoms with van der Waals surface area (Å²) in [6, 6.07) is 16.5. The van der Waals surface area contributed by atoms with Crippen LogP contribution < -0.4 is 10.2 Å². The molecular formula is C20H19BrN2O. The molecule has 2 heterocycles. The minimum atomic E-state index is -0.539. The minimum Gasteiger partial charge on any atom is -0.335 e. The van der Waals surface area contributed by atoms with Gasteiger partial charge >= 0.3 is 0 Å². The Morgan fingerprint density at radius 1 is 1.12 bits per heavy atom. The van der Waals surface area contributed by atoms with Crippen LogP contribution in [0.25, 0.3) is 6.08 Å². The molecule has 0 aliphatic carbocycles. The van der Waals surface area contributed by atoms with E-state index in [1.807, 2.05) is 24.3 Å². The number of amides is 1. The second-order valence-electron chi connectivity index (χ2n) is 6.90. The number of para-hydroxylation sites is 1. The van der Waals surface area contributed by atoms with E-state index in [2.05, 4.69) is 76.4 Å². The zero-order valence-corrected chi connectivity index (χ0v) is 15.3. The van der Waals surface area contributed by atoms with E-state index in [-0.39, 0.29) is 11.3 Å². The lowest BCUT2D eigenvalue weighted by Crippen LogP contribution is -2.58. The molecule has 3 nitrogen and oxygen atoms in total. The summed E-state index contributed by atoms with van der Waals surface area (Å²) < 4.78 is 1.04. The lowest BCUT2D eigenvalue weighted by Gasteiger charge is -2.40. The van der Waals surface area contributed by atoms with Crippen LogP contribution in [-0.4, -0.2) is 18.1 Å². The van der Waals surface area contributed by atoms with E-state index in [1.165, 1.54) is 5.56 Å². The first-order chi connectivity index (χ1) is 11.5. The smallest absolute Gasteiger partial charge is 0.241 e. The molecule has 122 valence electrons. The van der Waals surface area contributed by atoms with Crippen LogP contribution in [0.4, 0.5) is 5.69 Å². The standard InChI is InChI=1S/C20H19BrN2O/c1-19(2)15-8-4-6-10-17(15)23-13-18(24)22-20(19,23)12-11-14-7-3-5-9-16(14)21/h3-12H,13H2,1-2H3,(H,22,24)/b12-11+/t20-/m1/s1. The van der Waals surface area contributed by atoms with Crippen molar-refractivity contribution in [3.8, 4) is 0 Å². The van der Waals surface area contributed by atoms with Gasteiger partial charge in [-0.3, -0.25) is 4.79 Å². The molecule has 2 aromatic carbocycles. The topological polar surface area (TPSA) is 32.3 Å². The van der Waals surface area contributed by atoms with Gasteiger partial charge in [-0.1, -0.05) is 72.3 Å². The van der Waals surface area contributed by atoms with Gasteiger partial charge in [-0.05, 0) is 29.3 Å². The second kappa shape index (κ2) is 5.21. The summed E-state index contributed by atoms with van der Waals surface area (Å²) in [7, 11) is 0. The first-order valence-corrected chi connectivity index (χ1v) is 8.87. The fourth-order valence-corrected chi connectivity index (χ4v) is 4.38. The molecule has 1 N–H and O–H groups in total. The van der Waals surface area contributed by atoms with Crippen molar-refractivity contribution in [3.05, 3.63) is 70.2 Å². The maximum absolute atomic E-state index is 12.2. The highest BCUT2D eigenvalue weighted by Gasteiger charge is 2.59. The summed E-state index contributed by atoms with van der Waals surface area (Å²) in [5, 5.41) is 3.24. The Balaban J connectivity index is 1.86. The Morgan fingerprint density at radius 3 is 2.62 bits per heavy atom. The van der Waals surface area contributed by atoms with Crippen molar-refractivity contribution in [1.29, 1.82) is 0 Å². The number of carbonyl (C=O) groups excluding carboxylic acids is 1. The minimum absolute atomic E-state index is 0.0642. The van der Waals surface area contributed by atoms with Crippen LogP contribution in [0.3, 0.4) is 0 Å². The maximum atomic E-state index is 12.2. The molecule has 0 spiro atoms. The van der Waals surface area contributed by atoms with Crippen LogP contribution in [-0.2, 0) is 10.2 Å². The summed E-state index contributed by atoms with van der Waals surface area (Å²) >= 11 is 3.59. The van der Waals surface area contributed by atoms with Crippen molar-refractivity contribution in [2.24, 2.45) is 0 Å². The molecule has 0 radical (unpaired) electrons. The summed E-state index contributed by atoms with van der Waals surface area (Å²) in [5.41, 5.74) is 2.73. The van der Waals surface area contributed by atoms with E-state index in [1.54, 1.807) is 0 Å². The van der Waals surface area contributed by atoms with Gasteiger partial charge in [0.15, 0.2) is 0 Å². The highest BCUT2D eigenvalue weighted by molar-refractivity contribution is 9.10. The van der Waals surface area contributed by atoms with E-state index in [9.17, 15) is 4.79 Å². The van der Waals surface area contributed by atoms with Crippen molar-refractivity contribution in [1.82, 2.24) is 5.32 Å². The average Bonchev–Trinajstić information content (AvgIpc) is 2.99. The Bertz CT molecular complexity index is 858. The normalized spacial score (nSPS) is 24.1. The third kappa shape index (κ3) is 1.99. The van der Waals surface area contributed by atoms with Gasteiger partial charge in [0.05, 0.1) is 6.54 Å². The van der Waals surface area contributed by atoms with Gasteiger partial charge in [-0.25, -0.2) is 0 Å². The quantitative estimate of drug-likeness (QED) is 0.848. The van der Waals surface area contributed by atoms with Crippen molar-refractivity contribution in [3.63, 3.8) is 0 Å². The predicted octanol–water partition coefficient (Wildman–Crippen LogP) is 4.09. The van der Waals surface area contributed by atoms with Gasteiger partial charge in [0.25, 0.3) is 0 Å². The Labute approximate surface area is 150 Å². The Hall–Kier alpha value is -2.07. The van der Waals surface area contributed by atoms with Crippen molar-refractivity contribution in [2.75, 3.05) is 11.4 Å². The van der Waals surface area contributed by atoms with Gasteiger partial charge in [-0.15, -0.1) is 0 Å². The molecule has 2 aliphatic rings. The van der Waals surface area contributed by atoms with Crippen LogP contribution in [0, 0.1) is 0 Å². The van der Waals surface area contributed by atoms with Crippen molar-refractivity contribution in [2.45, 2.75) is 24.9 Å². The second-order valence-corrected chi connectivity index (χ2v) is 7.75. The third-order valence-electron chi connectivity index (χ3n) is 5.29. The van der Waals surface area contributed by atoms with Gasteiger partial charge in [-0.2, -0.15) is 0 Å². The molecule has 0 saturated carbocycles. The molecule has 4 rings (SSSR count). The molecule has 0 unspecified atom stereocenters. The van der Waals surface area contributed by atoms with Gasteiger partial charge < -0.3 is 10.2 Å². The highest BCUT2D eigenvalue weighted by Crippen LogP contribution is 2.52. The molecule has 24 heavy (non-hydrogen) atoms. The van der Waals surface area contributed by atoms with E-state index in [0.29, 0.717) is 6.54 Å². The average molecular weight is 383 g/mol. The van der Waals surface area contributed by atoms with Crippen LogP contribution in [0.2, 0.25) is 0 Å². The van der Waals surface area contributed by atoms with Crippen LogP contribution in [0.1, 0.15) is 25.0 Å². The van der Waals surface area contributed by atoms with E-state index < -0.39 is 5.66 Å². The monoisotopic (exact) mass is 382 g/mol. The van der Waals surface area contributed by atoms with E-state index in [4.69, 9.17) is 0 Å². The summed E-state index contributed by atoms with van der Waals surface area (Å²) in [6.45, 7) is 4.78. The highest BCUT2D eigenvalue weighted by atomic mass is 79.9. The number of nitrogens with zero attached hydrogens (tertiary/aromatic N) is 1. The molecule has 1 fully saturated rings. The first kappa shape index (κ1) is 15.5. The molecule has 4 heteroatoms. The molecule has 2 aromatic rings. The number of fused-ring (bicyclic) bond motifs is 3. The molecule has 0 aromatic heterocycles. The predicted molar refractivity (Wildman–Crippen MR) is 101 cm³/mol. The van der Waals surface area contributed by atoms with Gasteiger partial charge in [0, 0.05) is 15.6 Å². The number of carbonyl (C=O) groups is 1. The third-order valence-corrected chi connectivity index (χ3v) is 6.01. The summed E-state index contributed by atoms with van der Waals surface area (Å²) in [4.78, 5) is 14.4.